The van der Waals surface area contributed by atoms with Crippen LogP contribution >= 0.6 is 0 Å². The van der Waals surface area contributed by atoms with Gasteiger partial charge in [-0.15, -0.1) is 0 Å². The van der Waals surface area contributed by atoms with E-state index in [0.29, 0.717) is 0 Å². The maximum absolute atomic E-state index is 13.1. The van der Waals surface area contributed by atoms with Gasteiger partial charge in [-0.3, -0.25) is 9.59 Å². The normalized spacial score (nSPS) is 13.1. The second-order valence-electron chi connectivity index (χ2n) is 7.62. The van der Waals surface area contributed by atoms with Crippen LogP contribution < -0.4 is 11.1 Å². The van der Waals surface area contributed by atoms with Crippen molar-refractivity contribution in [1.29, 1.82) is 0 Å². The topological polar surface area (TPSA) is 72.2 Å². The Kier molecular flexibility index (Phi) is 6.17. The van der Waals surface area contributed by atoms with Gasteiger partial charge in [0.15, 0.2) is 0 Å². The molecule has 4 nitrogen and oxygen atoms in total. The summed E-state index contributed by atoms with van der Waals surface area (Å²) in [6, 6.07) is 10.7. The highest BCUT2D eigenvalue weighted by atomic mass is 19.4. The van der Waals surface area contributed by atoms with Gasteiger partial charge >= 0.3 is 6.18 Å². The first kappa shape index (κ1) is 21.5. The molecule has 1 atom stereocenters. The zero-order chi connectivity index (χ0) is 21.1. The quantitative estimate of drug-likeness (QED) is 0.812. The standard InChI is InChI=1S/C21H23F3N2O2/c1-20(2,3)14-10-8-13(9-11-14)12-17(18(25)27)26-19(28)15-6-4-5-7-16(15)21(22,23)24/h4-11,17H,12H2,1-3H3,(H2,25,27)(H,26,28)/t17-/m1/s1. The molecule has 7 heteroatoms. The summed E-state index contributed by atoms with van der Waals surface area (Å²) in [6.45, 7) is 6.19. The number of alkyl halides is 3. The molecule has 0 aromatic heterocycles. The highest BCUT2D eigenvalue weighted by Crippen LogP contribution is 2.31. The smallest absolute Gasteiger partial charge is 0.368 e. The van der Waals surface area contributed by atoms with Crippen molar-refractivity contribution >= 4 is 11.8 Å². The molecule has 0 saturated heterocycles. The molecule has 0 aliphatic carbocycles. The summed E-state index contributed by atoms with van der Waals surface area (Å²) in [4.78, 5) is 24.1. The van der Waals surface area contributed by atoms with E-state index in [1.54, 1.807) is 0 Å². The van der Waals surface area contributed by atoms with Crippen LogP contribution in [0.4, 0.5) is 13.2 Å². The molecule has 0 unspecified atom stereocenters. The molecule has 0 saturated carbocycles. The highest BCUT2D eigenvalue weighted by Gasteiger charge is 2.35. The Bertz CT molecular complexity index is 853. The van der Waals surface area contributed by atoms with Crippen molar-refractivity contribution in [3.8, 4) is 0 Å². The predicted molar refractivity (Wildman–Crippen MR) is 101 cm³/mol. The van der Waals surface area contributed by atoms with Crippen molar-refractivity contribution in [2.45, 2.75) is 44.8 Å². The fraction of sp³-hybridized carbons (Fsp3) is 0.333. The van der Waals surface area contributed by atoms with E-state index >= 15 is 0 Å². The lowest BCUT2D eigenvalue weighted by molar-refractivity contribution is -0.137. The summed E-state index contributed by atoms with van der Waals surface area (Å²) in [5, 5.41) is 2.33. The monoisotopic (exact) mass is 392 g/mol. The summed E-state index contributed by atoms with van der Waals surface area (Å²) < 4.78 is 39.3. The van der Waals surface area contributed by atoms with Gasteiger partial charge in [0.25, 0.3) is 5.91 Å². The van der Waals surface area contributed by atoms with E-state index < -0.39 is 35.2 Å². The summed E-state index contributed by atoms with van der Waals surface area (Å²) in [7, 11) is 0. The van der Waals surface area contributed by atoms with Crippen LogP contribution in [0.1, 0.15) is 47.8 Å². The maximum Gasteiger partial charge on any atom is 0.417 e. The van der Waals surface area contributed by atoms with E-state index in [4.69, 9.17) is 5.73 Å². The van der Waals surface area contributed by atoms with Crippen molar-refractivity contribution in [3.05, 3.63) is 70.8 Å². The summed E-state index contributed by atoms with van der Waals surface area (Å²) >= 11 is 0. The molecule has 0 aliphatic heterocycles. The molecule has 0 fully saturated rings. The van der Waals surface area contributed by atoms with Gasteiger partial charge in [-0.1, -0.05) is 57.2 Å². The summed E-state index contributed by atoms with van der Waals surface area (Å²) in [5.41, 5.74) is 5.53. The van der Waals surface area contributed by atoms with E-state index in [2.05, 4.69) is 26.1 Å². The van der Waals surface area contributed by atoms with Gasteiger partial charge in [-0.2, -0.15) is 13.2 Å². The SMILES string of the molecule is CC(C)(C)c1ccc(C[C@@H](NC(=O)c2ccccc2C(F)(F)F)C(N)=O)cc1. The molecule has 2 amide bonds. The number of hydrogen-bond donors (Lipinski definition) is 2. The summed E-state index contributed by atoms with van der Waals surface area (Å²) in [5.74, 6) is -1.82. The average molecular weight is 392 g/mol. The van der Waals surface area contributed by atoms with Crippen LogP contribution in [-0.4, -0.2) is 17.9 Å². The van der Waals surface area contributed by atoms with Crippen LogP contribution in [0.5, 0.6) is 0 Å². The molecule has 0 heterocycles. The lowest BCUT2D eigenvalue weighted by Gasteiger charge is -2.20. The minimum Gasteiger partial charge on any atom is -0.368 e. The van der Waals surface area contributed by atoms with Gasteiger partial charge < -0.3 is 11.1 Å². The Morgan fingerprint density at radius 1 is 1.00 bits per heavy atom. The fourth-order valence-electron chi connectivity index (χ4n) is 2.76. The zero-order valence-electron chi connectivity index (χ0n) is 15.9. The maximum atomic E-state index is 13.1. The van der Waals surface area contributed by atoms with Gasteiger partial charge in [0.2, 0.25) is 5.91 Å². The molecule has 0 aliphatic rings. The Labute approximate surface area is 161 Å². The lowest BCUT2D eigenvalue weighted by atomic mass is 9.86. The van der Waals surface area contributed by atoms with Gasteiger partial charge in [-0.05, 0) is 28.7 Å². The van der Waals surface area contributed by atoms with Crippen molar-refractivity contribution in [1.82, 2.24) is 5.32 Å². The van der Waals surface area contributed by atoms with E-state index in [9.17, 15) is 22.8 Å². The number of hydrogen-bond acceptors (Lipinski definition) is 2. The molecule has 0 radical (unpaired) electrons. The highest BCUT2D eigenvalue weighted by molar-refractivity contribution is 5.98. The van der Waals surface area contributed by atoms with Crippen LogP contribution in [-0.2, 0) is 22.8 Å². The first-order valence-electron chi connectivity index (χ1n) is 8.75. The number of primary amides is 1. The summed E-state index contributed by atoms with van der Waals surface area (Å²) in [6.07, 6.45) is -4.60. The van der Waals surface area contributed by atoms with Crippen LogP contribution in [0.2, 0.25) is 0 Å². The Balaban J connectivity index is 2.20. The molecule has 0 bridgehead atoms. The van der Waals surface area contributed by atoms with Crippen LogP contribution in [0.3, 0.4) is 0 Å². The first-order valence-corrected chi connectivity index (χ1v) is 8.75. The minimum absolute atomic E-state index is 0.0445. The molecular formula is C21H23F3N2O2. The third-order valence-corrected chi connectivity index (χ3v) is 4.39. The number of benzene rings is 2. The van der Waals surface area contributed by atoms with Crippen molar-refractivity contribution < 1.29 is 22.8 Å². The molecule has 150 valence electrons. The average Bonchev–Trinajstić information content (AvgIpc) is 2.60. The lowest BCUT2D eigenvalue weighted by Crippen LogP contribution is -2.46. The van der Waals surface area contributed by atoms with Gasteiger partial charge in [0, 0.05) is 6.42 Å². The minimum atomic E-state index is -4.68. The third kappa shape index (κ3) is 5.34. The first-order chi connectivity index (χ1) is 12.9. The van der Waals surface area contributed by atoms with E-state index in [0.717, 1.165) is 23.3 Å². The predicted octanol–water partition coefficient (Wildman–Crippen LogP) is 3.83. The van der Waals surface area contributed by atoms with Crippen molar-refractivity contribution in [3.63, 3.8) is 0 Å². The van der Waals surface area contributed by atoms with E-state index in [-0.39, 0.29) is 11.8 Å². The number of carbonyl (C=O) groups excluding carboxylic acids is 2. The molecular weight excluding hydrogens is 369 g/mol. The molecule has 2 aromatic carbocycles. The fourth-order valence-corrected chi connectivity index (χ4v) is 2.76. The molecule has 2 aromatic rings. The van der Waals surface area contributed by atoms with E-state index in [1.807, 2.05) is 24.3 Å². The van der Waals surface area contributed by atoms with E-state index in [1.165, 1.54) is 12.1 Å². The Hall–Kier alpha value is -2.83. The zero-order valence-corrected chi connectivity index (χ0v) is 15.9. The Morgan fingerprint density at radius 2 is 1.57 bits per heavy atom. The van der Waals surface area contributed by atoms with Gasteiger partial charge in [-0.25, -0.2) is 0 Å². The van der Waals surface area contributed by atoms with Gasteiger partial charge in [0.1, 0.15) is 6.04 Å². The Morgan fingerprint density at radius 3 is 2.07 bits per heavy atom. The third-order valence-electron chi connectivity index (χ3n) is 4.39. The molecule has 3 N–H and O–H groups in total. The number of amides is 2. The molecule has 2 rings (SSSR count). The number of carbonyl (C=O) groups is 2. The number of halogens is 3. The largest absolute Gasteiger partial charge is 0.417 e. The van der Waals surface area contributed by atoms with Crippen molar-refractivity contribution in [2.75, 3.05) is 0 Å². The second kappa shape index (κ2) is 8.04. The molecule has 28 heavy (non-hydrogen) atoms. The number of nitrogens with two attached hydrogens (primary N) is 1. The van der Waals surface area contributed by atoms with Crippen molar-refractivity contribution in [2.24, 2.45) is 5.73 Å². The number of rotatable bonds is 5. The van der Waals surface area contributed by atoms with Gasteiger partial charge in [0.05, 0.1) is 11.1 Å². The number of nitrogens with one attached hydrogen (secondary N) is 1. The molecule has 0 spiro atoms. The van der Waals surface area contributed by atoms with Crippen LogP contribution in [0, 0.1) is 0 Å². The second-order valence-corrected chi connectivity index (χ2v) is 7.62. The van der Waals surface area contributed by atoms with Crippen LogP contribution in [0.25, 0.3) is 0 Å². The van der Waals surface area contributed by atoms with Crippen LogP contribution in [0.15, 0.2) is 48.5 Å².